The Morgan fingerprint density at radius 2 is 1.92 bits per heavy atom. The van der Waals surface area contributed by atoms with E-state index in [-0.39, 0.29) is 5.25 Å². The first-order chi connectivity index (χ1) is 5.91. The van der Waals surface area contributed by atoms with Gasteiger partial charge in [0, 0.05) is 16.7 Å². The molecule has 0 heterocycles. The Bertz CT molecular complexity index is 263. The summed E-state index contributed by atoms with van der Waals surface area (Å²) < 4.78 is 22.2. The molecule has 0 aromatic carbocycles. The molecule has 2 unspecified atom stereocenters. The molecule has 1 fully saturated rings. The second-order valence-corrected chi connectivity index (χ2v) is 6.79. The third kappa shape index (κ3) is 3.11. The van der Waals surface area contributed by atoms with Gasteiger partial charge in [-0.15, -0.1) is 0 Å². The number of hydrogen-bond donors (Lipinski definition) is 0. The van der Waals surface area contributed by atoms with Gasteiger partial charge in [-0.3, -0.25) is 0 Å². The van der Waals surface area contributed by atoms with Gasteiger partial charge in [-0.05, 0) is 33.4 Å². The van der Waals surface area contributed by atoms with Gasteiger partial charge >= 0.3 is 0 Å². The molecule has 0 spiro atoms. The van der Waals surface area contributed by atoms with Crippen LogP contribution in [0.1, 0.15) is 25.7 Å². The van der Waals surface area contributed by atoms with Crippen molar-refractivity contribution in [2.75, 3.05) is 14.1 Å². The highest BCUT2D eigenvalue weighted by Gasteiger charge is 2.31. The summed E-state index contributed by atoms with van der Waals surface area (Å²) in [6.07, 6.45) is 3.43. The lowest BCUT2D eigenvalue weighted by Crippen LogP contribution is -2.37. The molecule has 0 saturated heterocycles. The van der Waals surface area contributed by atoms with Gasteiger partial charge < -0.3 is 4.90 Å². The molecule has 0 aromatic heterocycles. The monoisotopic (exact) mass is 225 g/mol. The molecule has 13 heavy (non-hydrogen) atoms. The molecule has 1 saturated carbocycles. The smallest absolute Gasteiger partial charge is 0.235 e. The molecule has 2 atom stereocenters. The fourth-order valence-corrected chi connectivity index (χ4v) is 3.23. The van der Waals surface area contributed by atoms with Crippen molar-refractivity contribution in [3.63, 3.8) is 0 Å². The minimum atomic E-state index is -3.35. The molecule has 3 nitrogen and oxygen atoms in total. The third-order valence-corrected chi connectivity index (χ3v) is 4.71. The molecule has 0 amide bonds. The molecule has 1 aliphatic carbocycles. The zero-order valence-corrected chi connectivity index (χ0v) is 9.61. The Hall–Kier alpha value is 0.200. The van der Waals surface area contributed by atoms with Crippen LogP contribution in [0, 0.1) is 0 Å². The summed E-state index contributed by atoms with van der Waals surface area (Å²) in [7, 11) is 5.95. The fourth-order valence-electron chi connectivity index (χ4n) is 1.85. The van der Waals surface area contributed by atoms with Crippen LogP contribution in [0.2, 0.25) is 0 Å². The van der Waals surface area contributed by atoms with Gasteiger partial charge in [-0.25, -0.2) is 8.42 Å². The van der Waals surface area contributed by atoms with E-state index in [9.17, 15) is 8.42 Å². The van der Waals surface area contributed by atoms with Crippen LogP contribution in [-0.4, -0.2) is 38.7 Å². The molecular formula is C8H16ClNO2S. The third-order valence-electron chi connectivity index (χ3n) is 2.73. The van der Waals surface area contributed by atoms with Crippen LogP contribution in [0.25, 0.3) is 0 Å². The predicted molar refractivity (Wildman–Crippen MR) is 54.5 cm³/mol. The van der Waals surface area contributed by atoms with E-state index in [4.69, 9.17) is 10.7 Å². The van der Waals surface area contributed by atoms with Crippen molar-refractivity contribution in [3.05, 3.63) is 0 Å². The standard InChI is InChI=1S/C8H16ClNO2S/c1-10(2)7-4-3-5-8(6-7)13(9,11)12/h7-8H,3-6H2,1-2H3. The molecule has 1 aliphatic rings. The quantitative estimate of drug-likeness (QED) is 0.668. The molecule has 0 bridgehead atoms. The van der Waals surface area contributed by atoms with Gasteiger partial charge in [0.05, 0.1) is 5.25 Å². The lowest BCUT2D eigenvalue weighted by atomic mass is 9.94. The van der Waals surface area contributed by atoms with Crippen LogP contribution >= 0.6 is 10.7 Å². The van der Waals surface area contributed by atoms with Gasteiger partial charge in [0.2, 0.25) is 9.05 Å². The lowest BCUT2D eigenvalue weighted by Gasteiger charge is -2.31. The van der Waals surface area contributed by atoms with Crippen molar-refractivity contribution >= 4 is 19.7 Å². The van der Waals surface area contributed by atoms with Crippen LogP contribution in [0.3, 0.4) is 0 Å². The molecule has 78 valence electrons. The number of hydrogen-bond acceptors (Lipinski definition) is 3. The van der Waals surface area contributed by atoms with E-state index in [1.54, 1.807) is 0 Å². The summed E-state index contributed by atoms with van der Waals surface area (Å²) in [5.41, 5.74) is 0. The number of rotatable bonds is 2. The molecule has 0 aliphatic heterocycles. The van der Waals surface area contributed by atoms with E-state index in [0.29, 0.717) is 12.5 Å². The van der Waals surface area contributed by atoms with Crippen LogP contribution in [0.4, 0.5) is 0 Å². The molecule has 0 radical (unpaired) electrons. The average molecular weight is 226 g/mol. The van der Waals surface area contributed by atoms with Crippen molar-refractivity contribution in [1.82, 2.24) is 4.90 Å². The van der Waals surface area contributed by atoms with E-state index in [1.165, 1.54) is 0 Å². The van der Waals surface area contributed by atoms with Gasteiger partial charge in [0.15, 0.2) is 0 Å². The second-order valence-electron chi connectivity index (χ2n) is 3.88. The summed E-state index contributed by atoms with van der Waals surface area (Å²) in [4.78, 5) is 2.08. The number of nitrogens with zero attached hydrogens (tertiary/aromatic N) is 1. The lowest BCUT2D eigenvalue weighted by molar-refractivity contribution is 0.230. The van der Waals surface area contributed by atoms with E-state index in [0.717, 1.165) is 19.3 Å². The molecule has 1 rings (SSSR count). The number of halogens is 1. The van der Waals surface area contributed by atoms with E-state index in [2.05, 4.69) is 4.90 Å². The predicted octanol–water partition coefficient (Wildman–Crippen LogP) is 1.43. The maximum absolute atomic E-state index is 11.1. The summed E-state index contributed by atoms with van der Waals surface area (Å²) in [5.74, 6) is 0. The summed E-state index contributed by atoms with van der Waals surface area (Å²) in [6, 6.07) is 0.368. The largest absolute Gasteiger partial charge is 0.306 e. The Kier molecular flexibility index (Phi) is 3.60. The Morgan fingerprint density at radius 1 is 1.31 bits per heavy atom. The van der Waals surface area contributed by atoms with Crippen molar-refractivity contribution in [2.24, 2.45) is 0 Å². The highest BCUT2D eigenvalue weighted by Crippen LogP contribution is 2.28. The van der Waals surface area contributed by atoms with E-state index < -0.39 is 9.05 Å². The minimum absolute atomic E-state index is 0.338. The first-order valence-electron chi connectivity index (χ1n) is 4.51. The average Bonchev–Trinajstić information content (AvgIpc) is 2.03. The zero-order chi connectivity index (χ0) is 10.1. The first-order valence-corrected chi connectivity index (χ1v) is 6.88. The summed E-state index contributed by atoms with van der Waals surface area (Å²) >= 11 is 0. The van der Waals surface area contributed by atoms with Crippen LogP contribution in [-0.2, 0) is 9.05 Å². The maximum Gasteiger partial charge on any atom is 0.235 e. The Labute approximate surface area is 84.5 Å². The van der Waals surface area contributed by atoms with Crippen LogP contribution in [0.15, 0.2) is 0 Å². The molecule has 5 heteroatoms. The highest BCUT2D eigenvalue weighted by atomic mass is 35.7. The molecular weight excluding hydrogens is 210 g/mol. The SMILES string of the molecule is CN(C)C1CCCC(S(=O)(=O)Cl)C1. The maximum atomic E-state index is 11.1. The highest BCUT2D eigenvalue weighted by molar-refractivity contribution is 8.14. The van der Waals surface area contributed by atoms with Gasteiger partial charge in [-0.2, -0.15) is 0 Å². The Morgan fingerprint density at radius 3 is 2.38 bits per heavy atom. The van der Waals surface area contributed by atoms with Crippen molar-refractivity contribution in [1.29, 1.82) is 0 Å². The topological polar surface area (TPSA) is 37.4 Å². The van der Waals surface area contributed by atoms with Gasteiger partial charge in [0.25, 0.3) is 0 Å². The molecule has 0 N–H and O–H groups in total. The van der Waals surface area contributed by atoms with Gasteiger partial charge in [-0.1, -0.05) is 6.42 Å². The molecule has 0 aromatic rings. The van der Waals surface area contributed by atoms with Crippen molar-refractivity contribution < 1.29 is 8.42 Å². The van der Waals surface area contributed by atoms with Crippen LogP contribution in [0.5, 0.6) is 0 Å². The van der Waals surface area contributed by atoms with Crippen LogP contribution < -0.4 is 0 Å². The fraction of sp³-hybridized carbons (Fsp3) is 1.00. The van der Waals surface area contributed by atoms with E-state index >= 15 is 0 Å². The summed E-state index contributed by atoms with van der Waals surface area (Å²) in [6.45, 7) is 0. The first kappa shape index (κ1) is 11.3. The summed E-state index contributed by atoms with van der Waals surface area (Å²) in [5, 5.41) is -0.338. The second kappa shape index (κ2) is 4.15. The van der Waals surface area contributed by atoms with Gasteiger partial charge in [0.1, 0.15) is 0 Å². The normalized spacial score (nSPS) is 30.8. The van der Waals surface area contributed by atoms with Crippen molar-refractivity contribution in [3.8, 4) is 0 Å². The minimum Gasteiger partial charge on any atom is -0.306 e. The zero-order valence-electron chi connectivity index (χ0n) is 8.03. The van der Waals surface area contributed by atoms with E-state index in [1.807, 2.05) is 14.1 Å². The Balaban J connectivity index is 2.62. The van der Waals surface area contributed by atoms with Crippen molar-refractivity contribution in [2.45, 2.75) is 37.0 Å².